The van der Waals surface area contributed by atoms with Gasteiger partial charge in [-0.2, -0.15) is 0 Å². The van der Waals surface area contributed by atoms with Crippen molar-refractivity contribution in [3.8, 4) is 0 Å². The van der Waals surface area contributed by atoms with Crippen LogP contribution in [0.1, 0.15) is 34.7 Å². The van der Waals surface area contributed by atoms with E-state index in [9.17, 15) is 4.79 Å². The van der Waals surface area contributed by atoms with Crippen LogP contribution in [-0.4, -0.2) is 30.3 Å². The highest BCUT2D eigenvalue weighted by atomic mass is 16.1. The average molecular weight is 279 g/mol. The Bertz CT molecular complexity index is 571. The maximum atomic E-state index is 12.2. The molecule has 0 aliphatic carbocycles. The smallest absolute Gasteiger partial charge is 0.176 e. The minimum atomic E-state index is 0.230. The molecule has 0 spiro atoms. The molecule has 1 aliphatic rings. The first kappa shape index (κ1) is 14.0. The molecule has 2 aromatic rings. The second-order valence-corrected chi connectivity index (χ2v) is 5.75. The molecule has 108 valence electrons. The van der Waals surface area contributed by atoms with Crippen LogP contribution >= 0.6 is 0 Å². The number of ketones is 1. The predicted octanol–water partition coefficient (Wildman–Crippen LogP) is 3.75. The van der Waals surface area contributed by atoms with Gasteiger partial charge in [0, 0.05) is 5.56 Å². The first-order valence-electron chi connectivity index (χ1n) is 7.68. The number of likely N-dealkylation sites (tertiary alicyclic amines) is 1. The van der Waals surface area contributed by atoms with Gasteiger partial charge in [-0.1, -0.05) is 60.7 Å². The summed E-state index contributed by atoms with van der Waals surface area (Å²) in [5.41, 5.74) is 2.26. The minimum Gasteiger partial charge on any atom is -0.296 e. The number of carbonyl (C=O) groups is 1. The van der Waals surface area contributed by atoms with Crippen molar-refractivity contribution >= 4 is 5.78 Å². The van der Waals surface area contributed by atoms with Crippen molar-refractivity contribution in [3.05, 3.63) is 71.8 Å². The zero-order valence-electron chi connectivity index (χ0n) is 12.2. The summed E-state index contributed by atoms with van der Waals surface area (Å²) in [5, 5.41) is 0. The SMILES string of the molecule is O=C(CN1CCC(c2ccccc2)CC1)c1ccccc1. The van der Waals surface area contributed by atoms with Crippen molar-refractivity contribution in [2.24, 2.45) is 0 Å². The Labute approximate surface area is 126 Å². The zero-order valence-corrected chi connectivity index (χ0v) is 12.2. The quantitative estimate of drug-likeness (QED) is 0.794. The van der Waals surface area contributed by atoms with E-state index in [1.165, 1.54) is 5.56 Å². The maximum absolute atomic E-state index is 12.2. The number of hydrogen-bond acceptors (Lipinski definition) is 2. The van der Waals surface area contributed by atoms with Crippen LogP contribution in [0.25, 0.3) is 0 Å². The molecule has 0 N–H and O–H groups in total. The highest BCUT2D eigenvalue weighted by molar-refractivity contribution is 5.97. The fraction of sp³-hybridized carbons (Fsp3) is 0.316. The van der Waals surface area contributed by atoms with Gasteiger partial charge in [0.2, 0.25) is 0 Å². The van der Waals surface area contributed by atoms with Gasteiger partial charge >= 0.3 is 0 Å². The molecule has 0 bridgehead atoms. The van der Waals surface area contributed by atoms with Crippen molar-refractivity contribution in [2.75, 3.05) is 19.6 Å². The topological polar surface area (TPSA) is 20.3 Å². The maximum Gasteiger partial charge on any atom is 0.176 e. The largest absolute Gasteiger partial charge is 0.296 e. The first-order chi connectivity index (χ1) is 10.3. The minimum absolute atomic E-state index is 0.230. The summed E-state index contributed by atoms with van der Waals surface area (Å²) in [6.45, 7) is 2.57. The molecule has 2 heteroatoms. The van der Waals surface area contributed by atoms with Crippen molar-refractivity contribution in [2.45, 2.75) is 18.8 Å². The Kier molecular flexibility index (Phi) is 4.46. The fourth-order valence-corrected chi connectivity index (χ4v) is 3.07. The summed E-state index contributed by atoms with van der Waals surface area (Å²) >= 11 is 0. The van der Waals surface area contributed by atoms with Crippen LogP contribution in [0.4, 0.5) is 0 Å². The lowest BCUT2D eigenvalue weighted by Gasteiger charge is -2.31. The molecule has 21 heavy (non-hydrogen) atoms. The normalized spacial score (nSPS) is 16.8. The van der Waals surface area contributed by atoms with Gasteiger partial charge in [-0.15, -0.1) is 0 Å². The van der Waals surface area contributed by atoms with Gasteiger partial charge in [-0.05, 0) is 37.4 Å². The van der Waals surface area contributed by atoms with E-state index in [1.807, 2.05) is 30.3 Å². The Balaban J connectivity index is 1.53. The molecule has 0 radical (unpaired) electrons. The Morgan fingerprint density at radius 2 is 1.48 bits per heavy atom. The number of hydrogen-bond donors (Lipinski definition) is 0. The predicted molar refractivity (Wildman–Crippen MR) is 85.6 cm³/mol. The molecule has 0 unspecified atom stereocenters. The molecule has 1 aliphatic heterocycles. The lowest BCUT2D eigenvalue weighted by atomic mass is 9.89. The lowest BCUT2D eigenvalue weighted by molar-refractivity contribution is 0.0909. The number of piperidine rings is 1. The highest BCUT2D eigenvalue weighted by Gasteiger charge is 2.22. The van der Waals surface area contributed by atoms with Gasteiger partial charge in [-0.25, -0.2) is 0 Å². The number of rotatable bonds is 4. The summed E-state index contributed by atoms with van der Waals surface area (Å²) in [4.78, 5) is 14.5. The molecule has 2 nitrogen and oxygen atoms in total. The van der Waals surface area contributed by atoms with E-state index in [1.54, 1.807) is 0 Å². The summed E-state index contributed by atoms with van der Waals surface area (Å²) in [6, 6.07) is 20.3. The lowest BCUT2D eigenvalue weighted by Crippen LogP contribution is -2.36. The van der Waals surface area contributed by atoms with Gasteiger partial charge in [0.05, 0.1) is 6.54 Å². The Morgan fingerprint density at radius 3 is 2.10 bits per heavy atom. The second-order valence-electron chi connectivity index (χ2n) is 5.75. The van der Waals surface area contributed by atoms with Crippen LogP contribution in [0, 0.1) is 0 Å². The van der Waals surface area contributed by atoms with Gasteiger partial charge in [0.25, 0.3) is 0 Å². The molecule has 0 saturated carbocycles. The molecular weight excluding hydrogens is 258 g/mol. The molecule has 0 aromatic heterocycles. The monoisotopic (exact) mass is 279 g/mol. The summed E-state index contributed by atoms with van der Waals surface area (Å²) in [5.74, 6) is 0.878. The van der Waals surface area contributed by atoms with Gasteiger partial charge in [-0.3, -0.25) is 9.69 Å². The van der Waals surface area contributed by atoms with E-state index in [-0.39, 0.29) is 5.78 Å². The van der Waals surface area contributed by atoms with Crippen molar-refractivity contribution in [3.63, 3.8) is 0 Å². The van der Waals surface area contributed by atoms with E-state index in [2.05, 4.69) is 35.2 Å². The molecule has 1 saturated heterocycles. The van der Waals surface area contributed by atoms with E-state index in [0.29, 0.717) is 12.5 Å². The third-order valence-corrected chi connectivity index (χ3v) is 4.32. The van der Waals surface area contributed by atoms with Crippen LogP contribution in [0.2, 0.25) is 0 Å². The summed E-state index contributed by atoms with van der Waals surface area (Å²) in [6.07, 6.45) is 2.29. The van der Waals surface area contributed by atoms with Crippen molar-refractivity contribution < 1.29 is 4.79 Å². The average Bonchev–Trinajstić information content (AvgIpc) is 2.57. The van der Waals surface area contributed by atoms with E-state index in [4.69, 9.17) is 0 Å². The molecular formula is C19H21NO. The summed E-state index contributed by atoms with van der Waals surface area (Å²) in [7, 11) is 0. The number of carbonyl (C=O) groups excluding carboxylic acids is 1. The fourth-order valence-electron chi connectivity index (χ4n) is 3.07. The van der Waals surface area contributed by atoms with Crippen LogP contribution < -0.4 is 0 Å². The number of Topliss-reactive ketones (excluding diaryl/α,β-unsaturated/α-hetero) is 1. The van der Waals surface area contributed by atoms with E-state index >= 15 is 0 Å². The Hall–Kier alpha value is -1.93. The molecule has 1 fully saturated rings. The third kappa shape index (κ3) is 3.59. The van der Waals surface area contributed by atoms with Crippen LogP contribution in [0.15, 0.2) is 60.7 Å². The van der Waals surface area contributed by atoms with Crippen LogP contribution in [-0.2, 0) is 0 Å². The second kappa shape index (κ2) is 6.68. The zero-order chi connectivity index (χ0) is 14.5. The number of nitrogens with zero attached hydrogens (tertiary/aromatic N) is 1. The van der Waals surface area contributed by atoms with E-state index in [0.717, 1.165) is 31.5 Å². The van der Waals surface area contributed by atoms with Gasteiger partial charge < -0.3 is 0 Å². The van der Waals surface area contributed by atoms with Crippen molar-refractivity contribution in [1.82, 2.24) is 4.90 Å². The van der Waals surface area contributed by atoms with E-state index < -0.39 is 0 Å². The van der Waals surface area contributed by atoms with Gasteiger partial charge in [0.1, 0.15) is 0 Å². The van der Waals surface area contributed by atoms with Crippen LogP contribution in [0.5, 0.6) is 0 Å². The summed E-state index contributed by atoms with van der Waals surface area (Å²) < 4.78 is 0. The van der Waals surface area contributed by atoms with Gasteiger partial charge in [0.15, 0.2) is 5.78 Å². The molecule has 1 heterocycles. The molecule has 0 atom stereocenters. The first-order valence-corrected chi connectivity index (χ1v) is 7.68. The molecule has 3 rings (SSSR count). The standard InChI is InChI=1S/C19H21NO/c21-19(18-9-5-2-6-10-18)15-20-13-11-17(12-14-20)16-7-3-1-4-8-16/h1-10,17H,11-15H2. The highest BCUT2D eigenvalue weighted by Crippen LogP contribution is 2.27. The molecule has 2 aromatic carbocycles. The molecule has 0 amide bonds. The van der Waals surface area contributed by atoms with Crippen LogP contribution in [0.3, 0.4) is 0 Å². The Morgan fingerprint density at radius 1 is 0.905 bits per heavy atom. The number of benzene rings is 2. The third-order valence-electron chi connectivity index (χ3n) is 4.32. The van der Waals surface area contributed by atoms with Crippen molar-refractivity contribution in [1.29, 1.82) is 0 Å².